The molecule has 0 radical (unpaired) electrons. The Kier molecular flexibility index (Phi) is 7.45. The quantitative estimate of drug-likeness (QED) is 0.448. The van der Waals surface area contributed by atoms with E-state index in [2.05, 4.69) is 10.0 Å². The first-order chi connectivity index (χ1) is 17.4. The topological polar surface area (TPSA) is 113 Å². The summed E-state index contributed by atoms with van der Waals surface area (Å²) >= 11 is 0. The van der Waals surface area contributed by atoms with Crippen molar-refractivity contribution < 1.29 is 21.6 Å². The van der Waals surface area contributed by atoms with Crippen molar-refractivity contribution in [3.05, 3.63) is 82.4 Å². The Hall–Kier alpha value is -3.21. The molecule has 0 saturated carbocycles. The number of para-hydroxylation sites is 1. The van der Waals surface area contributed by atoms with Crippen LogP contribution in [0.3, 0.4) is 0 Å². The van der Waals surface area contributed by atoms with Gasteiger partial charge in [0.25, 0.3) is 15.9 Å². The van der Waals surface area contributed by atoms with E-state index in [0.717, 1.165) is 24.0 Å². The van der Waals surface area contributed by atoms with Gasteiger partial charge < -0.3 is 5.32 Å². The SMILES string of the molecule is Cc1cc(C)c(C)c(S(=O)(=O)Nc2ccccc2C(=O)Nc2ccc(S(=O)(=O)N3CCCC3)cc2)c1C. The number of hydrogen-bond donors (Lipinski definition) is 2. The van der Waals surface area contributed by atoms with Crippen molar-refractivity contribution in [3.63, 3.8) is 0 Å². The molecule has 1 amide bonds. The summed E-state index contributed by atoms with van der Waals surface area (Å²) in [4.78, 5) is 13.5. The summed E-state index contributed by atoms with van der Waals surface area (Å²) in [6, 6.07) is 14.3. The molecule has 10 heteroatoms. The average molecular weight is 542 g/mol. The molecule has 3 aromatic rings. The number of rotatable bonds is 7. The Balaban J connectivity index is 1.57. The standard InChI is InChI=1S/C27H31N3O5S2/c1-18-17-19(2)21(4)26(20(18)3)36(32,33)29-25-10-6-5-9-24(25)27(31)28-22-11-13-23(14-12-22)37(34,35)30-15-7-8-16-30/h5-6,9-14,17,29H,7-8,15-16H2,1-4H3,(H,28,31). The van der Waals surface area contributed by atoms with Crippen LogP contribution in [0, 0.1) is 27.7 Å². The molecule has 3 aromatic carbocycles. The zero-order valence-electron chi connectivity index (χ0n) is 21.3. The molecule has 0 unspecified atom stereocenters. The summed E-state index contributed by atoms with van der Waals surface area (Å²) in [6.07, 6.45) is 1.69. The Morgan fingerprint density at radius 1 is 0.811 bits per heavy atom. The third-order valence-corrected chi connectivity index (χ3v) is 10.3. The number of benzene rings is 3. The molecule has 1 heterocycles. The number of carbonyl (C=O) groups is 1. The summed E-state index contributed by atoms with van der Waals surface area (Å²) in [5.74, 6) is -0.526. The maximum atomic E-state index is 13.4. The largest absolute Gasteiger partial charge is 0.322 e. The van der Waals surface area contributed by atoms with Gasteiger partial charge in [-0.2, -0.15) is 4.31 Å². The van der Waals surface area contributed by atoms with E-state index in [1.54, 1.807) is 26.0 Å². The lowest BCUT2D eigenvalue weighted by atomic mass is 10.0. The maximum Gasteiger partial charge on any atom is 0.262 e. The highest BCUT2D eigenvalue weighted by atomic mass is 32.2. The van der Waals surface area contributed by atoms with E-state index in [9.17, 15) is 21.6 Å². The van der Waals surface area contributed by atoms with Crippen LogP contribution in [0.25, 0.3) is 0 Å². The number of sulfonamides is 2. The van der Waals surface area contributed by atoms with E-state index in [-0.39, 0.29) is 21.0 Å². The van der Waals surface area contributed by atoms with Crippen molar-refractivity contribution in [2.45, 2.75) is 50.3 Å². The van der Waals surface area contributed by atoms with Gasteiger partial charge in [0, 0.05) is 18.8 Å². The second-order valence-electron chi connectivity index (χ2n) is 9.33. The smallest absolute Gasteiger partial charge is 0.262 e. The van der Waals surface area contributed by atoms with E-state index in [1.807, 2.05) is 19.9 Å². The van der Waals surface area contributed by atoms with E-state index >= 15 is 0 Å². The molecule has 2 N–H and O–H groups in total. The number of amides is 1. The molecule has 0 aliphatic carbocycles. The predicted molar refractivity (Wildman–Crippen MR) is 145 cm³/mol. The summed E-state index contributed by atoms with van der Waals surface area (Å²) in [5.41, 5.74) is 3.71. The van der Waals surface area contributed by atoms with Gasteiger partial charge in [-0.1, -0.05) is 18.2 Å². The van der Waals surface area contributed by atoms with Gasteiger partial charge in [-0.05, 0) is 99.2 Å². The number of anilines is 2. The molecule has 0 aromatic heterocycles. The normalized spacial score (nSPS) is 14.5. The third-order valence-electron chi connectivity index (χ3n) is 6.80. The monoisotopic (exact) mass is 541 g/mol. The van der Waals surface area contributed by atoms with Gasteiger partial charge in [0.2, 0.25) is 10.0 Å². The highest BCUT2D eigenvalue weighted by molar-refractivity contribution is 7.92. The number of nitrogens with zero attached hydrogens (tertiary/aromatic N) is 1. The molecular weight excluding hydrogens is 510 g/mol. The number of nitrogens with one attached hydrogen (secondary N) is 2. The summed E-state index contributed by atoms with van der Waals surface area (Å²) in [7, 11) is -7.54. The van der Waals surface area contributed by atoms with Gasteiger partial charge in [-0.25, -0.2) is 16.8 Å². The van der Waals surface area contributed by atoms with Gasteiger partial charge in [-0.15, -0.1) is 0 Å². The lowest BCUT2D eigenvalue weighted by molar-refractivity contribution is 0.102. The van der Waals surface area contributed by atoms with Crippen LogP contribution in [0.2, 0.25) is 0 Å². The molecule has 1 aliphatic heterocycles. The van der Waals surface area contributed by atoms with Gasteiger partial charge in [0.15, 0.2) is 0 Å². The minimum absolute atomic E-state index is 0.138. The fourth-order valence-electron chi connectivity index (χ4n) is 4.54. The molecule has 196 valence electrons. The van der Waals surface area contributed by atoms with Crippen molar-refractivity contribution in [1.82, 2.24) is 4.31 Å². The summed E-state index contributed by atoms with van der Waals surface area (Å²) in [5, 5.41) is 2.73. The Labute approximate surface area is 218 Å². The van der Waals surface area contributed by atoms with Crippen molar-refractivity contribution >= 4 is 37.3 Å². The van der Waals surface area contributed by atoms with Crippen molar-refractivity contribution in [1.29, 1.82) is 0 Å². The van der Waals surface area contributed by atoms with Crippen LogP contribution in [0.5, 0.6) is 0 Å². The van der Waals surface area contributed by atoms with Crippen molar-refractivity contribution in [3.8, 4) is 0 Å². The minimum atomic E-state index is -3.98. The second-order valence-corrected chi connectivity index (χ2v) is 12.9. The molecule has 1 aliphatic rings. The molecule has 1 fully saturated rings. The fraction of sp³-hybridized carbons (Fsp3) is 0.296. The lowest BCUT2D eigenvalue weighted by Gasteiger charge is -2.18. The zero-order chi connectivity index (χ0) is 27.0. The molecular formula is C27H31N3O5S2. The van der Waals surface area contributed by atoms with Crippen LogP contribution in [-0.2, 0) is 20.0 Å². The average Bonchev–Trinajstić information content (AvgIpc) is 3.39. The zero-order valence-corrected chi connectivity index (χ0v) is 23.0. The highest BCUT2D eigenvalue weighted by Gasteiger charge is 2.27. The second kappa shape index (κ2) is 10.3. The van der Waals surface area contributed by atoms with Gasteiger partial charge in [0.05, 0.1) is 21.0 Å². The van der Waals surface area contributed by atoms with Gasteiger partial charge >= 0.3 is 0 Å². The maximum absolute atomic E-state index is 13.4. The summed E-state index contributed by atoms with van der Waals surface area (Å²) < 4.78 is 56.4. The fourth-order valence-corrected chi connectivity index (χ4v) is 7.75. The molecule has 4 rings (SSSR count). The molecule has 37 heavy (non-hydrogen) atoms. The molecule has 1 saturated heterocycles. The molecule has 0 spiro atoms. The van der Waals surface area contributed by atoms with Crippen LogP contribution in [-0.4, -0.2) is 40.1 Å². The minimum Gasteiger partial charge on any atom is -0.322 e. The first kappa shape index (κ1) is 26.8. The van der Waals surface area contributed by atoms with E-state index < -0.39 is 26.0 Å². The van der Waals surface area contributed by atoms with Gasteiger partial charge in [-0.3, -0.25) is 9.52 Å². The summed E-state index contributed by atoms with van der Waals surface area (Å²) in [6.45, 7) is 8.28. The Bertz CT molecular complexity index is 1530. The van der Waals surface area contributed by atoms with Crippen LogP contribution in [0.15, 0.2) is 64.4 Å². The number of hydrogen-bond acceptors (Lipinski definition) is 5. The predicted octanol–water partition coefficient (Wildman–Crippen LogP) is 4.76. The van der Waals surface area contributed by atoms with Gasteiger partial charge in [0.1, 0.15) is 0 Å². The number of aryl methyl sites for hydroxylation is 2. The highest BCUT2D eigenvalue weighted by Crippen LogP contribution is 2.29. The molecule has 0 atom stereocenters. The van der Waals surface area contributed by atoms with Crippen LogP contribution in [0.4, 0.5) is 11.4 Å². The van der Waals surface area contributed by atoms with E-state index in [1.165, 1.54) is 40.7 Å². The third kappa shape index (κ3) is 5.41. The first-order valence-electron chi connectivity index (χ1n) is 12.0. The lowest BCUT2D eigenvalue weighted by Crippen LogP contribution is -2.27. The van der Waals surface area contributed by atoms with Crippen molar-refractivity contribution in [2.75, 3.05) is 23.1 Å². The molecule has 8 nitrogen and oxygen atoms in total. The van der Waals surface area contributed by atoms with E-state index in [4.69, 9.17) is 0 Å². The Morgan fingerprint density at radius 2 is 1.38 bits per heavy atom. The van der Waals surface area contributed by atoms with Crippen LogP contribution in [0.1, 0.15) is 45.5 Å². The van der Waals surface area contributed by atoms with Crippen LogP contribution >= 0.6 is 0 Å². The Morgan fingerprint density at radius 3 is 1.97 bits per heavy atom. The van der Waals surface area contributed by atoms with E-state index in [0.29, 0.717) is 29.9 Å². The molecule has 0 bridgehead atoms. The first-order valence-corrected chi connectivity index (χ1v) is 14.9. The number of carbonyl (C=O) groups excluding carboxylic acids is 1. The van der Waals surface area contributed by atoms with Crippen molar-refractivity contribution in [2.24, 2.45) is 0 Å². The van der Waals surface area contributed by atoms with Crippen LogP contribution < -0.4 is 10.0 Å².